The predicted molar refractivity (Wildman–Crippen MR) is 258 cm³/mol. The van der Waals surface area contributed by atoms with Crippen molar-refractivity contribution in [1.29, 1.82) is 0 Å². The third-order valence-electron chi connectivity index (χ3n) is 16.5. The quantitative estimate of drug-likeness (QED) is 0.162. The maximum Gasteiger partial charge on any atom is 0.169 e. The van der Waals surface area contributed by atoms with Gasteiger partial charge in [-0.1, -0.05) is 146 Å². The summed E-state index contributed by atoms with van der Waals surface area (Å²) in [6.07, 6.45) is 4.03. The van der Waals surface area contributed by atoms with Crippen molar-refractivity contribution in [3.63, 3.8) is 0 Å². The first kappa shape index (κ1) is 36.6. The van der Waals surface area contributed by atoms with E-state index in [0.717, 1.165) is 36.8 Å². The second-order valence-corrected chi connectivity index (χ2v) is 22.2. The molecule has 7 aromatic carbocycles. The van der Waals surface area contributed by atoms with E-state index in [2.05, 4.69) is 187 Å². The number of ketones is 1. The molecular formula is C60H53NO. The first-order valence-corrected chi connectivity index (χ1v) is 23.0. The molecule has 0 radical (unpaired) electrons. The molecule has 5 aliphatic rings. The zero-order valence-electron chi connectivity index (χ0n) is 37.3. The van der Waals surface area contributed by atoms with Crippen LogP contribution >= 0.6 is 0 Å². The Kier molecular flexibility index (Phi) is 6.81. The molecule has 1 saturated carbocycles. The summed E-state index contributed by atoms with van der Waals surface area (Å²) in [7, 11) is 0. The average Bonchev–Trinajstić information content (AvgIpc) is 3.94. The molecule has 0 unspecified atom stereocenters. The molecule has 0 aliphatic heterocycles. The molecule has 2 aromatic heterocycles. The molecule has 9 aromatic rings. The van der Waals surface area contributed by atoms with Crippen molar-refractivity contribution in [3.05, 3.63) is 172 Å². The Hall–Kier alpha value is -5.99. The van der Waals surface area contributed by atoms with Gasteiger partial charge in [0.25, 0.3) is 0 Å². The van der Waals surface area contributed by atoms with Gasteiger partial charge in [0.1, 0.15) is 0 Å². The smallest absolute Gasteiger partial charge is 0.169 e. The first-order valence-electron chi connectivity index (χ1n) is 23.0. The van der Waals surface area contributed by atoms with E-state index < -0.39 is 5.41 Å². The molecule has 304 valence electrons. The number of hydrogen-bond acceptors (Lipinski definition) is 1. The lowest BCUT2D eigenvalue weighted by Gasteiger charge is -2.38. The van der Waals surface area contributed by atoms with Crippen molar-refractivity contribution < 1.29 is 4.79 Å². The lowest BCUT2D eigenvalue weighted by atomic mass is 9.65. The highest BCUT2D eigenvalue weighted by Crippen LogP contribution is 2.63. The van der Waals surface area contributed by atoms with Gasteiger partial charge in [0, 0.05) is 32.5 Å². The third-order valence-corrected chi connectivity index (χ3v) is 16.5. The molecule has 2 nitrogen and oxygen atoms in total. The Labute approximate surface area is 365 Å². The van der Waals surface area contributed by atoms with E-state index in [4.69, 9.17) is 0 Å². The Balaban J connectivity index is 1.16. The topological polar surface area (TPSA) is 21.5 Å². The molecular weight excluding hydrogens is 751 g/mol. The van der Waals surface area contributed by atoms with Gasteiger partial charge in [0.05, 0.1) is 22.0 Å². The van der Waals surface area contributed by atoms with Crippen LogP contribution < -0.4 is 0 Å². The monoisotopic (exact) mass is 803 g/mol. The van der Waals surface area contributed by atoms with Crippen molar-refractivity contribution >= 4 is 43.9 Å². The summed E-state index contributed by atoms with van der Waals surface area (Å²) in [5, 5.41) is 5.17. The van der Waals surface area contributed by atoms with E-state index in [1.54, 1.807) is 0 Å². The molecule has 2 heterocycles. The average molecular weight is 804 g/mol. The van der Waals surface area contributed by atoms with Crippen LogP contribution in [0.25, 0.3) is 71.5 Å². The van der Waals surface area contributed by atoms with Crippen LogP contribution in [-0.4, -0.2) is 10.2 Å². The SMILES string of the molecule is CC12CCC(C)(CC1)c1cc3c4cc(-c5ccc6c(c5)C5(c7ccccc7-c7ccccc75)c5ccccc5-6)cc5c6c(C(C)(C)C)cc(C(C)(C)C)cc6n(c3cc1C2=O)c45. The fourth-order valence-electron chi connectivity index (χ4n) is 13.0. The second-order valence-electron chi connectivity index (χ2n) is 22.2. The minimum atomic E-state index is -0.406. The summed E-state index contributed by atoms with van der Waals surface area (Å²) >= 11 is 0. The summed E-state index contributed by atoms with van der Waals surface area (Å²) in [5.74, 6) is 0.342. The number of aromatic nitrogens is 1. The van der Waals surface area contributed by atoms with Crippen LogP contribution in [0.1, 0.15) is 130 Å². The highest BCUT2D eigenvalue weighted by atomic mass is 16.1. The maximum atomic E-state index is 14.7. The molecule has 14 rings (SSSR count). The zero-order chi connectivity index (χ0) is 42.5. The lowest BCUT2D eigenvalue weighted by Crippen LogP contribution is -2.33. The normalized spacial score (nSPS) is 20.9. The van der Waals surface area contributed by atoms with E-state index >= 15 is 0 Å². The molecule has 5 aliphatic carbocycles. The van der Waals surface area contributed by atoms with Gasteiger partial charge in [-0.25, -0.2) is 0 Å². The lowest BCUT2D eigenvalue weighted by molar-refractivity contribution is 0.0732. The van der Waals surface area contributed by atoms with Crippen molar-refractivity contribution in [3.8, 4) is 33.4 Å². The zero-order valence-corrected chi connectivity index (χ0v) is 37.3. The number of carbonyl (C=O) groups is 1. The summed E-state index contributed by atoms with van der Waals surface area (Å²) in [6, 6.07) is 49.4. The number of benzene rings is 7. The molecule has 2 bridgehead atoms. The van der Waals surface area contributed by atoms with Crippen molar-refractivity contribution in [1.82, 2.24) is 4.40 Å². The molecule has 0 saturated heterocycles. The van der Waals surface area contributed by atoms with Gasteiger partial charge in [-0.2, -0.15) is 0 Å². The fourth-order valence-corrected chi connectivity index (χ4v) is 13.0. The molecule has 1 fully saturated rings. The number of Topliss-reactive ketones (excluding diaryl/α,β-unsaturated/α-hetero) is 1. The number of carbonyl (C=O) groups excluding carboxylic acids is 1. The standard InChI is InChI=1S/C60H53NO/c1-56(2,3)36-30-50(57(4,5)6)53-44-28-35(27-42-41-32-48-43(33-51(41)61(54(42)44)52(53)31-36)55(62)59(8)25-23-58(48,7)24-26-59)34-21-22-40-39-17-11-14-20-47(39)60(49(40)29-34)45-18-12-9-15-37(45)38-16-10-13-19-46(38)60/h9-22,27-33H,23-26H2,1-8H3. The van der Waals surface area contributed by atoms with E-state index in [0.29, 0.717) is 5.78 Å². The maximum absolute atomic E-state index is 14.7. The molecule has 2 heteroatoms. The van der Waals surface area contributed by atoms with Crippen LogP contribution in [0.15, 0.2) is 127 Å². The fraction of sp³-hybridized carbons (Fsp3) is 0.283. The third kappa shape index (κ3) is 4.39. The molecule has 0 N–H and O–H groups in total. The Morgan fingerprint density at radius 1 is 0.468 bits per heavy atom. The second kappa shape index (κ2) is 11.5. The predicted octanol–water partition coefficient (Wildman–Crippen LogP) is 15.5. The molecule has 62 heavy (non-hydrogen) atoms. The van der Waals surface area contributed by atoms with Gasteiger partial charge in [0.2, 0.25) is 0 Å². The number of nitrogens with zero attached hydrogens (tertiary/aromatic N) is 1. The van der Waals surface area contributed by atoms with Crippen LogP contribution in [-0.2, 0) is 21.7 Å². The number of rotatable bonds is 1. The number of hydrogen-bond donors (Lipinski definition) is 0. The highest BCUT2D eigenvalue weighted by molar-refractivity contribution is 6.26. The van der Waals surface area contributed by atoms with E-state index in [1.165, 1.54) is 105 Å². The van der Waals surface area contributed by atoms with Crippen LogP contribution in [0.4, 0.5) is 0 Å². The molecule has 0 amide bonds. The van der Waals surface area contributed by atoms with Gasteiger partial charge >= 0.3 is 0 Å². The van der Waals surface area contributed by atoms with Gasteiger partial charge in [-0.05, 0) is 151 Å². The van der Waals surface area contributed by atoms with E-state index in [-0.39, 0.29) is 21.7 Å². The van der Waals surface area contributed by atoms with Crippen LogP contribution in [0.3, 0.4) is 0 Å². The van der Waals surface area contributed by atoms with E-state index in [1.807, 2.05) is 0 Å². The Morgan fingerprint density at radius 3 is 1.63 bits per heavy atom. The van der Waals surface area contributed by atoms with Crippen LogP contribution in [0.5, 0.6) is 0 Å². The van der Waals surface area contributed by atoms with Crippen LogP contribution in [0.2, 0.25) is 0 Å². The largest absolute Gasteiger partial charge is 0.308 e. The van der Waals surface area contributed by atoms with Gasteiger partial charge < -0.3 is 4.40 Å². The van der Waals surface area contributed by atoms with Crippen molar-refractivity contribution in [2.45, 2.75) is 103 Å². The highest BCUT2D eigenvalue weighted by Gasteiger charge is 2.52. The molecule has 0 atom stereocenters. The van der Waals surface area contributed by atoms with Gasteiger partial charge in [0.15, 0.2) is 5.78 Å². The Bertz CT molecular complexity index is 3410. The first-order chi connectivity index (χ1) is 29.6. The minimum absolute atomic E-state index is 0.0118. The van der Waals surface area contributed by atoms with Gasteiger partial charge in [-0.3, -0.25) is 4.79 Å². The summed E-state index contributed by atoms with van der Waals surface area (Å²) < 4.78 is 2.55. The number of fused-ring (bicyclic) bond motifs is 18. The Morgan fingerprint density at radius 2 is 1.03 bits per heavy atom. The van der Waals surface area contributed by atoms with Crippen molar-refractivity contribution in [2.24, 2.45) is 5.41 Å². The summed E-state index contributed by atoms with van der Waals surface area (Å²) in [5.41, 5.74) is 21.0. The molecule has 1 spiro atoms. The van der Waals surface area contributed by atoms with Crippen LogP contribution in [0, 0.1) is 5.41 Å². The summed E-state index contributed by atoms with van der Waals surface area (Å²) in [6.45, 7) is 18.8. The van der Waals surface area contributed by atoms with E-state index in [9.17, 15) is 4.79 Å². The van der Waals surface area contributed by atoms with Crippen molar-refractivity contribution in [2.75, 3.05) is 0 Å². The van der Waals surface area contributed by atoms with Gasteiger partial charge in [-0.15, -0.1) is 0 Å². The summed E-state index contributed by atoms with van der Waals surface area (Å²) in [4.78, 5) is 14.7. The minimum Gasteiger partial charge on any atom is -0.308 e.